The van der Waals surface area contributed by atoms with Gasteiger partial charge in [0, 0.05) is 4.75 Å². The van der Waals surface area contributed by atoms with E-state index in [2.05, 4.69) is 5.32 Å². The predicted octanol–water partition coefficient (Wildman–Crippen LogP) is 1.73. The van der Waals surface area contributed by atoms with Gasteiger partial charge in [-0.1, -0.05) is 18.2 Å². The number of benzene rings is 1. The molecule has 158 valence electrons. The summed E-state index contributed by atoms with van der Waals surface area (Å²) in [7, 11) is 0. The molecule has 2 unspecified atom stereocenters. The lowest BCUT2D eigenvalue weighted by Crippen LogP contribution is -2.78. The second-order valence-electron chi connectivity index (χ2n) is 7.78. The predicted molar refractivity (Wildman–Crippen MR) is 98.6 cm³/mol. The fourth-order valence-corrected chi connectivity index (χ4v) is 5.48. The molecule has 0 spiro atoms. The number of amides is 2. The zero-order valence-electron chi connectivity index (χ0n) is 15.8. The maximum atomic E-state index is 13.2. The number of nitrogens with one attached hydrogen (secondary N) is 1. The van der Waals surface area contributed by atoms with Crippen LogP contribution in [0, 0.1) is 0 Å². The number of aliphatic carboxylic acids is 1. The van der Waals surface area contributed by atoms with Gasteiger partial charge >= 0.3 is 12.1 Å². The summed E-state index contributed by atoms with van der Waals surface area (Å²) in [6, 6.07) is 1.73. The van der Waals surface area contributed by atoms with Crippen LogP contribution in [0.2, 0.25) is 0 Å². The molecule has 1 aromatic rings. The number of thioether (sulfide) groups is 1. The van der Waals surface area contributed by atoms with Crippen LogP contribution in [0.5, 0.6) is 0 Å². The average molecular weight is 431 g/mol. The number of carbonyl (C=O) groups is 3. The highest BCUT2D eigenvalue weighted by molar-refractivity contribution is 8.01. The lowest BCUT2D eigenvalue weighted by Gasteiger charge is -2.51. The fourth-order valence-electron chi connectivity index (χ4n) is 3.84. The average Bonchev–Trinajstić information content (AvgIpc) is 2.89. The first-order valence-electron chi connectivity index (χ1n) is 8.69. The van der Waals surface area contributed by atoms with Gasteiger partial charge in [0.05, 0.1) is 5.56 Å². The SMILES string of the molecule is CC1(C)S[C@H]2N(C(=O)C2(C)NC(=O)C(N)c2ccccc2C(F)(F)F)[C@H]1C(=O)O. The van der Waals surface area contributed by atoms with Crippen molar-refractivity contribution in [3.8, 4) is 0 Å². The summed E-state index contributed by atoms with van der Waals surface area (Å²) < 4.78 is 38.9. The summed E-state index contributed by atoms with van der Waals surface area (Å²) in [5, 5.41) is 11.2. The molecule has 0 saturated carbocycles. The van der Waals surface area contributed by atoms with Crippen molar-refractivity contribution in [1.29, 1.82) is 0 Å². The molecule has 2 aliphatic rings. The highest BCUT2D eigenvalue weighted by Crippen LogP contribution is 2.54. The van der Waals surface area contributed by atoms with Crippen molar-refractivity contribution < 1.29 is 32.7 Å². The van der Waals surface area contributed by atoms with E-state index in [1.54, 1.807) is 13.8 Å². The first-order valence-corrected chi connectivity index (χ1v) is 9.57. The van der Waals surface area contributed by atoms with Crippen molar-refractivity contribution in [2.45, 2.75) is 54.7 Å². The van der Waals surface area contributed by atoms with Crippen LogP contribution in [-0.4, -0.2) is 49.5 Å². The normalized spacial score (nSPS) is 29.1. The summed E-state index contributed by atoms with van der Waals surface area (Å²) in [5.74, 6) is -2.73. The zero-order valence-corrected chi connectivity index (χ0v) is 16.6. The molecule has 2 amide bonds. The number of halogens is 3. The van der Waals surface area contributed by atoms with Crippen LogP contribution in [0.4, 0.5) is 13.2 Å². The number of hydrogen-bond acceptors (Lipinski definition) is 5. The zero-order chi connectivity index (χ0) is 21.9. The third-order valence-corrected chi connectivity index (χ3v) is 7.03. The molecule has 1 aromatic carbocycles. The first-order chi connectivity index (χ1) is 13.2. The molecule has 2 fully saturated rings. The Kier molecular flexibility index (Phi) is 4.90. The Balaban J connectivity index is 1.84. The van der Waals surface area contributed by atoms with E-state index in [-0.39, 0.29) is 0 Å². The van der Waals surface area contributed by atoms with Gasteiger partial charge in [0.2, 0.25) is 5.91 Å². The molecule has 7 nitrogen and oxygen atoms in total. The molecule has 0 aromatic heterocycles. The van der Waals surface area contributed by atoms with E-state index >= 15 is 0 Å². The molecule has 3 rings (SSSR count). The standard InChI is InChI=1S/C18H20F3N3O4S/c1-16(2)11(13(26)27)24-14(28)17(3,15(24)29-16)23-12(25)10(22)8-6-4-5-7-9(8)18(19,20)21/h4-7,10-11,15H,22H2,1-3H3,(H,23,25)(H,26,27)/t10?,11-,15+,17?/m0/s1. The van der Waals surface area contributed by atoms with Crippen LogP contribution in [0.3, 0.4) is 0 Å². The van der Waals surface area contributed by atoms with Gasteiger partial charge in [0.15, 0.2) is 0 Å². The molecule has 4 atom stereocenters. The third kappa shape index (κ3) is 3.25. The Hall–Kier alpha value is -2.27. The number of carboxylic acid groups (broad SMARTS) is 1. The van der Waals surface area contributed by atoms with Crippen LogP contribution in [0.15, 0.2) is 24.3 Å². The van der Waals surface area contributed by atoms with Crippen molar-refractivity contribution in [2.24, 2.45) is 5.73 Å². The highest BCUT2D eigenvalue weighted by Gasteiger charge is 2.70. The molecule has 2 heterocycles. The van der Waals surface area contributed by atoms with Gasteiger partial charge in [0.1, 0.15) is 23.0 Å². The summed E-state index contributed by atoms with van der Waals surface area (Å²) in [5.41, 5.74) is 2.89. The van der Waals surface area contributed by atoms with E-state index < -0.39 is 62.8 Å². The van der Waals surface area contributed by atoms with Gasteiger partial charge in [-0.3, -0.25) is 9.59 Å². The van der Waals surface area contributed by atoms with Gasteiger partial charge in [-0.15, -0.1) is 11.8 Å². The number of carbonyl (C=O) groups excluding carboxylic acids is 2. The maximum Gasteiger partial charge on any atom is 0.416 e. The summed E-state index contributed by atoms with van der Waals surface area (Å²) in [4.78, 5) is 38.1. The molecular formula is C18H20F3N3O4S. The van der Waals surface area contributed by atoms with E-state index in [0.717, 1.165) is 12.1 Å². The lowest BCUT2D eigenvalue weighted by molar-refractivity contribution is -0.168. The Morgan fingerprint density at radius 1 is 1.28 bits per heavy atom. The van der Waals surface area contributed by atoms with E-state index in [1.165, 1.54) is 35.7 Å². The molecule has 4 N–H and O–H groups in total. The van der Waals surface area contributed by atoms with Gasteiger partial charge in [-0.2, -0.15) is 13.2 Å². The van der Waals surface area contributed by atoms with Crippen molar-refractivity contribution in [2.75, 3.05) is 0 Å². The van der Waals surface area contributed by atoms with Crippen molar-refractivity contribution in [3.63, 3.8) is 0 Å². The Bertz CT molecular complexity index is 891. The van der Waals surface area contributed by atoms with Crippen LogP contribution in [0.1, 0.15) is 37.9 Å². The van der Waals surface area contributed by atoms with E-state index in [9.17, 15) is 32.7 Å². The first kappa shape index (κ1) is 21.4. The maximum absolute atomic E-state index is 13.2. The lowest BCUT2D eigenvalue weighted by atomic mass is 9.85. The van der Waals surface area contributed by atoms with E-state index in [0.29, 0.717) is 0 Å². The molecule has 2 saturated heterocycles. The molecule has 2 aliphatic heterocycles. The Morgan fingerprint density at radius 3 is 2.41 bits per heavy atom. The minimum absolute atomic E-state index is 0.410. The minimum Gasteiger partial charge on any atom is -0.480 e. The topological polar surface area (TPSA) is 113 Å². The quantitative estimate of drug-likeness (QED) is 0.626. The smallest absolute Gasteiger partial charge is 0.416 e. The number of nitrogens with zero attached hydrogens (tertiary/aromatic N) is 1. The molecule has 11 heteroatoms. The molecular weight excluding hydrogens is 411 g/mol. The number of hydrogen-bond donors (Lipinski definition) is 3. The van der Waals surface area contributed by atoms with Crippen LogP contribution < -0.4 is 11.1 Å². The second kappa shape index (κ2) is 6.63. The minimum atomic E-state index is -4.69. The number of alkyl halides is 3. The van der Waals surface area contributed by atoms with Crippen molar-refractivity contribution in [1.82, 2.24) is 10.2 Å². The fraction of sp³-hybridized carbons (Fsp3) is 0.500. The van der Waals surface area contributed by atoms with Crippen molar-refractivity contribution in [3.05, 3.63) is 35.4 Å². The molecule has 0 radical (unpaired) electrons. The Labute approximate surface area is 168 Å². The van der Waals surface area contributed by atoms with Gasteiger partial charge in [-0.25, -0.2) is 4.79 Å². The summed E-state index contributed by atoms with van der Waals surface area (Å²) in [6.07, 6.45) is -4.69. The van der Waals surface area contributed by atoms with E-state index in [1.807, 2.05) is 0 Å². The van der Waals surface area contributed by atoms with Gasteiger partial charge < -0.3 is 21.1 Å². The largest absolute Gasteiger partial charge is 0.480 e. The van der Waals surface area contributed by atoms with Gasteiger partial charge in [-0.05, 0) is 32.4 Å². The molecule has 29 heavy (non-hydrogen) atoms. The number of fused-ring (bicyclic) bond motifs is 1. The Morgan fingerprint density at radius 2 is 1.86 bits per heavy atom. The molecule has 0 bridgehead atoms. The number of β-lactam (4-membered cyclic amide) rings is 1. The second-order valence-corrected chi connectivity index (χ2v) is 9.52. The van der Waals surface area contributed by atoms with Crippen LogP contribution >= 0.6 is 11.8 Å². The number of rotatable bonds is 4. The van der Waals surface area contributed by atoms with Crippen LogP contribution in [0.25, 0.3) is 0 Å². The summed E-state index contributed by atoms with van der Waals surface area (Å²) in [6.45, 7) is 4.77. The number of nitrogens with two attached hydrogens (primary N) is 1. The summed E-state index contributed by atoms with van der Waals surface area (Å²) >= 11 is 1.21. The van der Waals surface area contributed by atoms with Crippen LogP contribution in [-0.2, 0) is 20.6 Å². The molecule has 0 aliphatic carbocycles. The number of carboxylic acids is 1. The van der Waals surface area contributed by atoms with Crippen molar-refractivity contribution >= 4 is 29.5 Å². The van der Waals surface area contributed by atoms with Gasteiger partial charge in [0.25, 0.3) is 5.91 Å². The highest BCUT2D eigenvalue weighted by atomic mass is 32.2. The monoisotopic (exact) mass is 431 g/mol. The van der Waals surface area contributed by atoms with E-state index in [4.69, 9.17) is 5.73 Å². The third-order valence-electron chi connectivity index (χ3n) is 5.28.